The van der Waals surface area contributed by atoms with E-state index in [1.807, 2.05) is 0 Å². The first-order valence-corrected chi connectivity index (χ1v) is 18.3. The largest absolute Gasteiger partial charge is 0.469 e. The van der Waals surface area contributed by atoms with Gasteiger partial charge in [0.05, 0.1) is 13.2 Å². The van der Waals surface area contributed by atoms with Crippen LogP contribution in [0.5, 0.6) is 0 Å². The van der Waals surface area contributed by atoms with Crippen LogP contribution in [0.25, 0.3) is 0 Å². The molecule has 0 aromatic heterocycles. The molecule has 0 spiro atoms. The van der Waals surface area contributed by atoms with Gasteiger partial charge in [-0.1, -0.05) is 20.8 Å². The summed E-state index contributed by atoms with van der Waals surface area (Å²) in [5.74, 6) is 3.43. The molecule has 9 nitrogen and oxygen atoms in total. The molecule has 0 heterocycles. The molecule has 0 aliphatic heterocycles. The predicted molar refractivity (Wildman–Crippen MR) is 179 cm³/mol. The Morgan fingerprint density at radius 2 is 1.43 bits per heavy atom. The van der Waals surface area contributed by atoms with Gasteiger partial charge in [0.2, 0.25) is 0 Å². The van der Waals surface area contributed by atoms with Gasteiger partial charge in [-0.2, -0.15) is 0 Å². The Morgan fingerprint density at radius 1 is 0.841 bits per heavy atom. The number of nitrogens with two attached hydrogens (primary N) is 1. The number of carbonyl (C=O) groups excluding carboxylic acids is 1. The number of rotatable bonds is 19. The van der Waals surface area contributed by atoms with E-state index < -0.39 is 0 Å². The third-order valence-corrected chi connectivity index (χ3v) is 13.0. The average molecular weight is 621 g/mol. The van der Waals surface area contributed by atoms with Gasteiger partial charge in [0.15, 0.2) is 0 Å². The molecule has 4 rings (SSSR count). The topological polar surface area (TPSA) is 133 Å². The summed E-state index contributed by atoms with van der Waals surface area (Å²) in [4.78, 5) is 11.8. The van der Waals surface area contributed by atoms with Crippen molar-refractivity contribution in [2.24, 2.45) is 52.1 Å². The van der Waals surface area contributed by atoms with Crippen LogP contribution < -0.4 is 32.3 Å². The number of aliphatic hydroxyl groups excluding tert-OH is 1. The van der Waals surface area contributed by atoms with E-state index in [1.54, 1.807) is 0 Å². The number of carbonyl (C=O) groups is 1. The van der Waals surface area contributed by atoms with E-state index in [9.17, 15) is 9.90 Å². The van der Waals surface area contributed by atoms with Crippen LogP contribution in [0.2, 0.25) is 0 Å². The van der Waals surface area contributed by atoms with Crippen molar-refractivity contribution >= 4 is 5.97 Å². The van der Waals surface area contributed by atoms with Crippen LogP contribution in [-0.2, 0) is 9.53 Å². The summed E-state index contributed by atoms with van der Waals surface area (Å²) in [6.45, 7) is 17.0. The van der Waals surface area contributed by atoms with Crippen molar-refractivity contribution in [3.05, 3.63) is 0 Å². The molecule has 0 aromatic rings. The number of fused-ring (bicyclic) bond motifs is 5. The van der Waals surface area contributed by atoms with Crippen LogP contribution in [0.3, 0.4) is 0 Å². The maximum absolute atomic E-state index is 11.8. The fourth-order valence-electron chi connectivity index (χ4n) is 10.5. The second-order valence-corrected chi connectivity index (χ2v) is 15.3. The lowest BCUT2D eigenvalue weighted by Crippen LogP contribution is -2.59. The lowest BCUT2D eigenvalue weighted by atomic mass is 9.43. The van der Waals surface area contributed by atoms with Crippen LogP contribution in [0.1, 0.15) is 85.0 Å². The van der Waals surface area contributed by atoms with Gasteiger partial charge in [0.1, 0.15) is 0 Å². The molecule has 0 saturated heterocycles. The number of methoxy groups -OCH3 is 1. The van der Waals surface area contributed by atoms with Crippen molar-refractivity contribution < 1.29 is 14.6 Å². The zero-order chi connectivity index (χ0) is 31.6. The second-order valence-electron chi connectivity index (χ2n) is 15.3. The molecule has 44 heavy (non-hydrogen) atoms. The summed E-state index contributed by atoms with van der Waals surface area (Å²) >= 11 is 0. The maximum atomic E-state index is 11.8. The maximum Gasteiger partial charge on any atom is 0.305 e. The monoisotopic (exact) mass is 621 g/mol. The molecule has 256 valence electrons. The number of nitrogens with one attached hydrogen (secondary N) is 5. The SMILES string of the molecule is COC(=O)CC[C@@H](C)C1CCC2C3C(CC[C@@]21C)[C@@]1(C)CC[C@H](NCCNCCNCCNCCNCCN)CC1C[C@@H]3O. The van der Waals surface area contributed by atoms with Crippen LogP contribution in [-0.4, -0.2) is 95.8 Å². The smallest absolute Gasteiger partial charge is 0.305 e. The first-order chi connectivity index (χ1) is 21.2. The van der Waals surface area contributed by atoms with Crippen molar-refractivity contribution in [3.63, 3.8) is 0 Å². The molecule has 5 unspecified atom stereocenters. The van der Waals surface area contributed by atoms with Crippen molar-refractivity contribution in [2.45, 2.75) is 97.1 Å². The minimum absolute atomic E-state index is 0.0845. The minimum Gasteiger partial charge on any atom is -0.469 e. The molecule has 8 N–H and O–H groups in total. The minimum atomic E-state index is -0.164. The fourth-order valence-corrected chi connectivity index (χ4v) is 10.5. The Bertz CT molecular complexity index is 864. The Labute approximate surface area is 268 Å². The van der Waals surface area contributed by atoms with Gasteiger partial charge in [-0.15, -0.1) is 0 Å². The normalized spacial score (nSPS) is 37.2. The lowest BCUT2D eigenvalue weighted by Gasteiger charge is -2.62. The Kier molecular flexibility index (Phi) is 14.2. The number of ether oxygens (including phenoxy) is 1. The fraction of sp³-hybridized carbons (Fsp3) is 0.971. The van der Waals surface area contributed by atoms with Crippen molar-refractivity contribution in [3.8, 4) is 0 Å². The van der Waals surface area contributed by atoms with Crippen molar-refractivity contribution in [1.82, 2.24) is 26.6 Å². The molecule has 4 fully saturated rings. The lowest BCUT2D eigenvalue weighted by molar-refractivity contribution is -0.167. The van der Waals surface area contributed by atoms with Gasteiger partial charge in [0, 0.05) is 77.9 Å². The zero-order valence-electron chi connectivity index (χ0n) is 28.6. The first-order valence-electron chi connectivity index (χ1n) is 18.3. The number of esters is 1. The van der Waals surface area contributed by atoms with E-state index in [4.69, 9.17) is 10.5 Å². The molecular weight excluding hydrogens is 552 g/mol. The molecule has 0 radical (unpaired) electrons. The van der Waals surface area contributed by atoms with Crippen LogP contribution in [0.4, 0.5) is 0 Å². The quantitative estimate of drug-likeness (QED) is 0.0860. The molecule has 10 atom stereocenters. The third kappa shape index (κ3) is 8.75. The highest BCUT2D eigenvalue weighted by Gasteiger charge is 2.62. The molecule has 0 bridgehead atoms. The number of hydrogen-bond acceptors (Lipinski definition) is 9. The average Bonchev–Trinajstić information content (AvgIpc) is 3.37. The van der Waals surface area contributed by atoms with Crippen LogP contribution in [0, 0.1) is 46.3 Å². The van der Waals surface area contributed by atoms with Gasteiger partial charge in [0.25, 0.3) is 0 Å². The number of hydrogen-bond donors (Lipinski definition) is 7. The summed E-state index contributed by atoms with van der Waals surface area (Å²) in [5.41, 5.74) is 6.13. The molecule has 0 amide bonds. The summed E-state index contributed by atoms with van der Waals surface area (Å²) in [6, 6.07) is 0.572. The van der Waals surface area contributed by atoms with E-state index in [0.717, 1.165) is 71.7 Å². The van der Waals surface area contributed by atoms with Crippen LogP contribution in [0.15, 0.2) is 0 Å². The summed E-state index contributed by atoms with van der Waals surface area (Å²) < 4.78 is 4.93. The van der Waals surface area contributed by atoms with Gasteiger partial charge in [-0.05, 0) is 104 Å². The molecule has 0 aromatic carbocycles. The summed E-state index contributed by atoms with van der Waals surface area (Å²) in [5, 5.41) is 29.4. The van der Waals surface area contributed by atoms with E-state index in [1.165, 1.54) is 52.1 Å². The molecule has 4 aliphatic carbocycles. The Morgan fingerprint density at radius 3 is 2.07 bits per heavy atom. The highest BCUT2D eigenvalue weighted by Crippen LogP contribution is 2.68. The van der Waals surface area contributed by atoms with Crippen molar-refractivity contribution in [1.29, 1.82) is 0 Å². The van der Waals surface area contributed by atoms with Gasteiger partial charge >= 0.3 is 5.97 Å². The van der Waals surface area contributed by atoms with Gasteiger partial charge in [-0.3, -0.25) is 4.79 Å². The highest BCUT2D eigenvalue weighted by atomic mass is 16.5. The van der Waals surface area contributed by atoms with Crippen molar-refractivity contribution in [2.75, 3.05) is 72.6 Å². The van der Waals surface area contributed by atoms with E-state index in [-0.39, 0.29) is 12.1 Å². The zero-order valence-corrected chi connectivity index (χ0v) is 28.6. The predicted octanol–water partition coefficient (Wildman–Crippen LogP) is 2.48. The number of aliphatic hydroxyl groups is 1. The first kappa shape index (κ1) is 36.0. The third-order valence-electron chi connectivity index (χ3n) is 13.0. The van der Waals surface area contributed by atoms with E-state index in [2.05, 4.69) is 47.4 Å². The Hall–Kier alpha value is -0.810. The Balaban J connectivity index is 1.15. The summed E-state index contributed by atoms with van der Waals surface area (Å²) in [7, 11) is 1.49. The summed E-state index contributed by atoms with van der Waals surface area (Å²) in [6.07, 6.45) is 11.1. The molecular formula is C35H68N6O3. The highest BCUT2D eigenvalue weighted by molar-refractivity contribution is 5.69. The van der Waals surface area contributed by atoms with Crippen LogP contribution >= 0.6 is 0 Å². The molecule has 9 heteroatoms. The van der Waals surface area contributed by atoms with E-state index in [0.29, 0.717) is 65.3 Å². The van der Waals surface area contributed by atoms with Gasteiger partial charge < -0.3 is 42.2 Å². The second kappa shape index (κ2) is 17.4. The van der Waals surface area contributed by atoms with E-state index >= 15 is 0 Å². The molecule has 4 aliphatic rings. The van der Waals surface area contributed by atoms with Gasteiger partial charge in [-0.25, -0.2) is 0 Å². The standard InChI is InChI=1S/C35H68N6O3/c1-25(5-8-32(43)44-4)28-6-7-29-33-30(10-12-35(28,29)3)34(2)11-9-27(23-26(34)24-31(33)42)41-22-21-40-20-19-39-18-17-38-16-15-37-14-13-36/h25-31,33,37-42H,5-24,36H2,1-4H3/t25-,26?,27+,28?,29?,30?,31+,33?,34+,35-/m1/s1. The molecule has 4 saturated carbocycles.